The maximum atomic E-state index is 13.0. The van der Waals surface area contributed by atoms with Crippen LogP contribution < -0.4 is 0 Å². The second kappa shape index (κ2) is 10.2. The predicted molar refractivity (Wildman–Crippen MR) is 119 cm³/mol. The van der Waals surface area contributed by atoms with Gasteiger partial charge in [-0.1, -0.05) is 38.1 Å². The molecule has 33 heavy (non-hydrogen) atoms. The van der Waals surface area contributed by atoms with E-state index in [1.165, 1.54) is 22.5 Å². The van der Waals surface area contributed by atoms with Crippen LogP contribution in [0.5, 0.6) is 0 Å². The zero-order valence-corrected chi connectivity index (χ0v) is 19.5. The van der Waals surface area contributed by atoms with Gasteiger partial charge >= 0.3 is 6.18 Å². The van der Waals surface area contributed by atoms with Crippen molar-refractivity contribution in [3.63, 3.8) is 0 Å². The summed E-state index contributed by atoms with van der Waals surface area (Å²) in [5.74, 6) is -0.259. The third-order valence-corrected chi connectivity index (χ3v) is 7.79. The molecule has 0 aromatic heterocycles. The number of hydrogen-bond donors (Lipinski definition) is 0. The molecule has 0 aliphatic carbocycles. The molecule has 0 N–H and O–H groups in total. The van der Waals surface area contributed by atoms with Gasteiger partial charge < -0.3 is 4.90 Å². The minimum absolute atomic E-state index is 0.0835. The Labute approximate surface area is 192 Å². The Hall–Kier alpha value is -2.43. The van der Waals surface area contributed by atoms with Crippen molar-refractivity contribution in [3.8, 4) is 0 Å². The van der Waals surface area contributed by atoms with Crippen molar-refractivity contribution in [2.24, 2.45) is 0 Å². The minimum Gasteiger partial charge on any atom is -0.336 e. The molecule has 0 radical (unpaired) electrons. The summed E-state index contributed by atoms with van der Waals surface area (Å²) in [5.41, 5.74) is 0.196. The van der Waals surface area contributed by atoms with Crippen LogP contribution in [0.1, 0.15) is 35.3 Å². The molecular weight excluding hydrogens is 455 g/mol. The average Bonchev–Trinajstić information content (AvgIpc) is 2.79. The molecule has 0 atom stereocenters. The first-order valence-electron chi connectivity index (χ1n) is 10.8. The van der Waals surface area contributed by atoms with Crippen LogP contribution in [0.3, 0.4) is 0 Å². The summed E-state index contributed by atoms with van der Waals surface area (Å²) in [6.07, 6.45) is -4.38. The van der Waals surface area contributed by atoms with Gasteiger partial charge in [0.25, 0.3) is 5.91 Å². The molecule has 0 bridgehead atoms. The quantitative estimate of drug-likeness (QED) is 0.603. The Balaban J connectivity index is 1.64. The van der Waals surface area contributed by atoms with Gasteiger partial charge in [0.1, 0.15) is 0 Å². The van der Waals surface area contributed by atoms with E-state index in [0.29, 0.717) is 56.9 Å². The highest BCUT2D eigenvalue weighted by molar-refractivity contribution is 7.89. The monoisotopic (exact) mass is 483 g/mol. The van der Waals surface area contributed by atoms with E-state index in [9.17, 15) is 26.4 Å². The fourth-order valence-electron chi connectivity index (χ4n) is 3.90. The van der Waals surface area contributed by atoms with Crippen LogP contribution in [-0.4, -0.2) is 67.7 Å². The number of benzene rings is 2. The van der Waals surface area contributed by atoms with Crippen molar-refractivity contribution < 1.29 is 26.4 Å². The van der Waals surface area contributed by atoms with Gasteiger partial charge in [-0.3, -0.25) is 9.69 Å². The van der Waals surface area contributed by atoms with Crippen molar-refractivity contribution in [2.45, 2.75) is 31.5 Å². The van der Waals surface area contributed by atoms with Crippen LogP contribution >= 0.6 is 0 Å². The first-order chi connectivity index (χ1) is 15.6. The van der Waals surface area contributed by atoms with Gasteiger partial charge in [-0.2, -0.15) is 17.5 Å². The van der Waals surface area contributed by atoms with E-state index < -0.39 is 21.8 Å². The zero-order chi connectivity index (χ0) is 24.2. The third kappa shape index (κ3) is 5.93. The van der Waals surface area contributed by atoms with Gasteiger partial charge in [0.2, 0.25) is 10.0 Å². The highest BCUT2D eigenvalue weighted by atomic mass is 32.2. The smallest absolute Gasteiger partial charge is 0.336 e. The maximum Gasteiger partial charge on any atom is 0.416 e. The molecule has 180 valence electrons. The third-order valence-electron chi connectivity index (χ3n) is 5.74. The number of alkyl halides is 3. The number of amides is 1. The highest BCUT2D eigenvalue weighted by Crippen LogP contribution is 2.30. The molecule has 1 aliphatic rings. The van der Waals surface area contributed by atoms with Crippen LogP contribution in [-0.2, 0) is 22.7 Å². The Morgan fingerprint density at radius 3 is 2.21 bits per heavy atom. The number of nitrogens with zero attached hydrogens (tertiary/aromatic N) is 3. The van der Waals surface area contributed by atoms with Crippen molar-refractivity contribution in [1.82, 2.24) is 14.1 Å². The van der Waals surface area contributed by atoms with Gasteiger partial charge in [-0.15, -0.1) is 0 Å². The molecule has 1 aliphatic heterocycles. The number of piperazine rings is 1. The summed E-state index contributed by atoms with van der Waals surface area (Å²) in [5, 5.41) is 0. The molecule has 0 saturated carbocycles. The van der Waals surface area contributed by atoms with Crippen LogP contribution in [0, 0.1) is 0 Å². The van der Waals surface area contributed by atoms with Gasteiger partial charge in [0.15, 0.2) is 0 Å². The minimum atomic E-state index is -4.38. The van der Waals surface area contributed by atoms with E-state index in [4.69, 9.17) is 0 Å². The van der Waals surface area contributed by atoms with Gasteiger partial charge in [0.05, 0.1) is 10.5 Å². The molecule has 10 heteroatoms. The SMILES string of the molecule is CCN(CC)S(=O)(=O)c1cccc(C(=O)N2CCN(Cc3cccc(C(F)(F)F)c3)CC2)c1. The summed E-state index contributed by atoms with van der Waals surface area (Å²) >= 11 is 0. The fraction of sp³-hybridized carbons (Fsp3) is 0.435. The van der Waals surface area contributed by atoms with Gasteiger partial charge in [-0.05, 0) is 29.8 Å². The number of sulfonamides is 1. The summed E-state index contributed by atoms with van der Waals surface area (Å²) in [4.78, 5) is 16.7. The average molecular weight is 484 g/mol. The highest BCUT2D eigenvalue weighted by Gasteiger charge is 2.31. The number of carbonyl (C=O) groups excluding carboxylic acids is 1. The van der Waals surface area contributed by atoms with E-state index in [2.05, 4.69) is 0 Å². The molecule has 1 heterocycles. The molecule has 0 spiro atoms. The van der Waals surface area contributed by atoms with Crippen LogP contribution in [0.4, 0.5) is 13.2 Å². The normalized spacial score (nSPS) is 15.8. The molecule has 6 nitrogen and oxygen atoms in total. The molecule has 1 amide bonds. The summed E-state index contributed by atoms with van der Waals surface area (Å²) in [7, 11) is -3.67. The first-order valence-corrected chi connectivity index (χ1v) is 12.3. The van der Waals surface area contributed by atoms with E-state index in [1.807, 2.05) is 4.90 Å². The van der Waals surface area contributed by atoms with Gasteiger partial charge in [-0.25, -0.2) is 8.42 Å². The largest absolute Gasteiger partial charge is 0.416 e. The van der Waals surface area contributed by atoms with Gasteiger partial charge in [0, 0.05) is 51.4 Å². The van der Waals surface area contributed by atoms with Crippen molar-refractivity contribution in [1.29, 1.82) is 0 Å². The number of halogens is 3. The topological polar surface area (TPSA) is 60.9 Å². The number of rotatable bonds is 7. The maximum absolute atomic E-state index is 13.0. The zero-order valence-electron chi connectivity index (χ0n) is 18.7. The van der Waals surface area contributed by atoms with E-state index in [-0.39, 0.29) is 10.8 Å². The number of hydrogen-bond acceptors (Lipinski definition) is 4. The Morgan fingerprint density at radius 1 is 0.970 bits per heavy atom. The summed E-state index contributed by atoms with van der Waals surface area (Å²) in [6, 6.07) is 11.3. The van der Waals surface area contributed by atoms with Crippen molar-refractivity contribution in [2.75, 3.05) is 39.3 Å². The lowest BCUT2D eigenvalue weighted by Gasteiger charge is -2.35. The molecule has 0 unspecified atom stereocenters. The van der Waals surface area contributed by atoms with Crippen LogP contribution in [0.2, 0.25) is 0 Å². The fourth-order valence-corrected chi connectivity index (χ4v) is 5.40. The predicted octanol–water partition coefficient (Wildman–Crippen LogP) is 3.69. The van der Waals surface area contributed by atoms with Crippen molar-refractivity contribution >= 4 is 15.9 Å². The molecule has 3 rings (SSSR count). The standard InChI is InChI=1S/C23H28F3N3O3S/c1-3-29(4-2)33(31,32)21-10-6-8-19(16-21)22(30)28-13-11-27(12-14-28)17-18-7-5-9-20(15-18)23(24,25)26/h5-10,15-16H,3-4,11-14,17H2,1-2H3. The second-order valence-electron chi connectivity index (χ2n) is 7.88. The Kier molecular flexibility index (Phi) is 7.81. The first kappa shape index (κ1) is 25.2. The van der Waals surface area contributed by atoms with Crippen LogP contribution in [0.15, 0.2) is 53.4 Å². The lowest BCUT2D eigenvalue weighted by molar-refractivity contribution is -0.137. The molecule has 2 aromatic carbocycles. The van der Waals surface area contributed by atoms with E-state index >= 15 is 0 Å². The molecule has 2 aromatic rings. The van der Waals surface area contributed by atoms with Crippen molar-refractivity contribution in [3.05, 3.63) is 65.2 Å². The molecular formula is C23H28F3N3O3S. The Morgan fingerprint density at radius 2 is 1.61 bits per heavy atom. The van der Waals surface area contributed by atoms with Crippen LogP contribution in [0.25, 0.3) is 0 Å². The lowest BCUT2D eigenvalue weighted by Crippen LogP contribution is -2.48. The second-order valence-corrected chi connectivity index (χ2v) is 9.82. The van der Waals surface area contributed by atoms with E-state index in [1.54, 1.807) is 36.9 Å². The molecule has 1 fully saturated rings. The van der Waals surface area contributed by atoms with E-state index in [0.717, 1.165) is 12.1 Å². The summed E-state index contributed by atoms with van der Waals surface area (Å²) < 4.78 is 65.7. The molecule has 1 saturated heterocycles. The lowest BCUT2D eigenvalue weighted by atomic mass is 10.1. The number of carbonyl (C=O) groups is 1. The summed E-state index contributed by atoms with van der Waals surface area (Å²) in [6.45, 7) is 6.40. The Bertz CT molecular complexity index is 1080.